The first kappa shape index (κ1) is 17.7. The Kier molecular flexibility index (Phi) is 6.84. The monoisotopic (exact) mass is 313 g/mol. The van der Waals surface area contributed by atoms with Gasteiger partial charge in [-0.05, 0) is 37.2 Å². The summed E-state index contributed by atoms with van der Waals surface area (Å²) in [5.74, 6) is -0.755. The van der Waals surface area contributed by atoms with Crippen LogP contribution in [-0.4, -0.2) is 49.8 Å². The second-order valence-corrected chi connectivity index (χ2v) is 6.99. The summed E-state index contributed by atoms with van der Waals surface area (Å²) in [6.07, 6.45) is 0.461. The lowest BCUT2D eigenvalue weighted by molar-refractivity contribution is -0.136. The number of carboxylic acid groups (broad SMARTS) is 1. The van der Waals surface area contributed by atoms with E-state index in [-0.39, 0.29) is 12.2 Å². The highest BCUT2D eigenvalue weighted by Gasteiger charge is 2.15. The minimum atomic E-state index is -3.28. The molecule has 0 radical (unpaired) electrons. The van der Waals surface area contributed by atoms with Gasteiger partial charge in [-0.25, -0.2) is 8.42 Å². The van der Waals surface area contributed by atoms with Crippen molar-refractivity contribution in [2.75, 3.05) is 25.4 Å². The van der Waals surface area contributed by atoms with Crippen molar-refractivity contribution in [1.82, 2.24) is 4.90 Å². The minimum Gasteiger partial charge on any atom is -0.481 e. The van der Waals surface area contributed by atoms with E-state index in [2.05, 4.69) is 4.90 Å². The molecule has 0 spiro atoms. The van der Waals surface area contributed by atoms with Gasteiger partial charge in [0, 0.05) is 13.0 Å². The summed E-state index contributed by atoms with van der Waals surface area (Å²) in [6, 6.07) is 6.50. The molecule has 0 bridgehead atoms. The Bertz CT molecular complexity index is 548. The van der Waals surface area contributed by atoms with E-state index in [1.165, 1.54) is 0 Å². The number of benzene rings is 1. The molecule has 0 amide bonds. The van der Waals surface area contributed by atoms with Crippen LogP contribution in [0.1, 0.15) is 25.8 Å². The third kappa shape index (κ3) is 5.85. The van der Waals surface area contributed by atoms with E-state index in [0.29, 0.717) is 17.9 Å². The number of hydrogen-bond acceptors (Lipinski definition) is 4. The number of nitrogens with zero attached hydrogens (tertiary/aromatic N) is 1. The molecule has 1 N–H and O–H groups in total. The molecule has 0 heterocycles. The molecule has 0 saturated carbocycles. The van der Waals surface area contributed by atoms with Crippen LogP contribution in [0.3, 0.4) is 0 Å². The molecule has 118 valence electrons. The highest BCUT2D eigenvalue weighted by molar-refractivity contribution is 7.91. The Morgan fingerprint density at radius 2 is 1.71 bits per heavy atom. The normalized spacial score (nSPS) is 11.8. The molecule has 21 heavy (non-hydrogen) atoms. The Balaban J connectivity index is 2.68. The summed E-state index contributed by atoms with van der Waals surface area (Å²) >= 11 is 0. The van der Waals surface area contributed by atoms with Crippen molar-refractivity contribution < 1.29 is 18.3 Å². The topological polar surface area (TPSA) is 74.7 Å². The number of aliphatic carboxylic acids is 1. The van der Waals surface area contributed by atoms with Crippen molar-refractivity contribution in [3.05, 3.63) is 29.8 Å². The quantitative estimate of drug-likeness (QED) is 0.752. The van der Waals surface area contributed by atoms with Crippen molar-refractivity contribution in [2.24, 2.45) is 0 Å². The van der Waals surface area contributed by atoms with Crippen LogP contribution in [-0.2, 0) is 21.1 Å². The third-order valence-corrected chi connectivity index (χ3v) is 5.19. The maximum Gasteiger partial charge on any atom is 0.303 e. The molecule has 1 aromatic rings. The fraction of sp³-hybridized carbons (Fsp3) is 0.533. The molecule has 0 fully saturated rings. The summed E-state index contributed by atoms with van der Waals surface area (Å²) < 4.78 is 24.5. The van der Waals surface area contributed by atoms with Crippen LogP contribution in [0.15, 0.2) is 29.2 Å². The highest BCUT2D eigenvalue weighted by Crippen LogP contribution is 2.14. The average molecular weight is 313 g/mol. The van der Waals surface area contributed by atoms with Crippen molar-refractivity contribution in [1.29, 1.82) is 0 Å². The molecular formula is C15H23NO4S. The van der Waals surface area contributed by atoms with Gasteiger partial charge >= 0.3 is 5.97 Å². The standard InChI is InChI=1S/C15H23NO4S/c1-3-16(4-2)11-12-21(19,20)14-8-5-13(6-9-14)7-10-15(17)18/h5-6,8-9H,3-4,7,10-12H2,1-2H3,(H,17,18). The molecule has 0 aliphatic carbocycles. The van der Waals surface area contributed by atoms with Crippen molar-refractivity contribution in [3.8, 4) is 0 Å². The number of sulfone groups is 1. The van der Waals surface area contributed by atoms with Crippen molar-refractivity contribution in [2.45, 2.75) is 31.6 Å². The number of aryl methyl sites for hydroxylation is 1. The molecule has 6 heteroatoms. The van der Waals surface area contributed by atoms with Crippen molar-refractivity contribution >= 4 is 15.8 Å². The molecule has 1 rings (SSSR count). The van der Waals surface area contributed by atoms with Gasteiger partial charge in [0.05, 0.1) is 10.6 Å². The first-order chi connectivity index (χ1) is 9.89. The van der Waals surface area contributed by atoms with Crippen LogP contribution in [0, 0.1) is 0 Å². The van der Waals surface area contributed by atoms with Gasteiger partial charge in [0.25, 0.3) is 0 Å². The maximum absolute atomic E-state index is 12.2. The van der Waals surface area contributed by atoms with Gasteiger partial charge in [-0.15, -0.1) is 0 Å². The highest BCUT2D eigenvalue weighted by atomic mass is 32.2. The summed E-state index contributed by atoms with van der Waals surface area (Å²) in [6.45, 7) is 6.21. The predicted molar refractivity (Wildman–Crippen MR) is 82.2 cm³/mol. The van der Waals surface area contributed by atoms with Gasteiger partial charge < -0.3 is 10.0 Å². The van der Waals surface area contributed by atoms with Gasteiger partial charge in [0.2, 0.25) is 0 Å². The van der Waals surface area contributed by atoms with Crippen LogP contribution in [0.4, 0.5) is 0 Å². The zero-order valence-electron chi connectivity index (χ0n) is 12.6. The lowest BCUT2D eigenvalue weighted by atomic mass is 10.1. The summed E-state index contributed by atoms with van der Waals surface area (Å²) in [5.41, 5.74) is 0.833. The van der Waals surface area contributed by atoms with Gasteiger partial charge in [-0.3, -0.25) is 4.79 Å². The second kappa shape index (κ2) is 8.14. The molecule has 0 unspecified atom stereocenters. The molecule has 0 aliphatic rings. The largest absolute Gasteiger partial charge is 0.481 e. The fourth-order valence-corrected chi connectivity index (χ4v) is 3.31. The molecule has 0 aromatic heterocycles. The predicted octanol–water partition coefficient (Wildman–Crippen LogP) is 1.82. The van der Waals surface area contributed by atoms with Gasteiger partial charge in [0.1, 0.15) is 0 Å². The Labute approximate surface area is 126 Å². The molecule has 1 aromatic carbocycles. The van der Waals surface area contributed by atoms with E-state index >= 15 is 0 Å². The maximum atomic E-state index is 12.2. The number of rotatable bonds is 9. The smallest absolute Gasteiger partial charge is 0.303 e. The fourth-order valence-electron chi connectivity index (χ4n) is 2.02. The van der Waals surface area contributed by atoms with Gasteiger partial charge in [-0.2, -0.15) is 0 Å². The van der Waals surface area contributed by atoms with Crippen LogP contribution < -0.4 is 0 Å². The minimum absolute atomic E-state index is 0.0497. The first-order valence-corrected chi connectivity index (χ1v) is 8.80. The van der Waals surface area contributed by atoms with E-state index in [4.69, 9.17) is 5.11 Å². The number of carboxylic acids is 1. The molecule has 0 atom stereocenters. The lowest BCUT2D eigenvalue weighted by Crippen LogP contribution is -2.29. The Hall–Kier alpha value is -1.40. The summed E-state index contributed by atoms with van der Waals surface area (Å²) in [5, 5.41) is 8.63. The molecule has 5 nitrogen and oxygen atoms in total. The summed E-state index contributed by atoms with van der Waals surface area (Å²) in [7, 11) is -3.28. The van der Waals surface area contributed by atoms with E-state index in [1.54, 1.807) is 24.3 Å². The second-order valence-electron chi connectivity index (χ2n) is 4.88. The third-order valence-electron chi connectivity index (χ3n) is 3.48. The van der Waals surface area contributed by atoms with Crippen LogP contribution in [0.25, 0.3) is 0 Å². The van der Waals surface area contributed by atoms with Crippen molar-refractivity contribution in [3.63, 3.8) is 0 Å². The lowest BCUT2D eigenvalue weighted by Gasteiger charge is -2.17. The molecule has 0 aliphatic heterocycles. The van der Waals surface area contributed by atoms with E-state index in [0.717, 1.165) is 18.7 Å². The first-order valence-electron chi connectivity index (χ1n) is 7.15. The zero-order valence-corrected chi connectivity index (χ0v) is 13.4. The van der Waals surface area contributed by atoms with Crippen LogP contribution in [0.5, 0.6) is 0 Å². The van der Waals surface area contributed by atoms with E-state index < -0.39 is 15.8 Å². The van der Waals surface area contributed by atoms with Gasteiger partial charge in [0.15, 0.2) is 9.84 Å². The summed E-state index contributed by atoms with van der Waals surface area (Å²) in [4.78, 5) is 12.9. The van der Waals surface area contributed by atoms with Gasteiger partial charge in [-0.1, -0.05) is 26.0 Å². The Morgan fingerprint density at radius 1 is 1.14 bits per heavy atom. The number of hydrogen-bond donors (Lipinski definition) is 1. The van der Waals surface area contributed by atoms with Crippen LogP contribution in [0.2, 0.25) is 0 Å². The van der Waals surface area contributed by atoms with E-state index in [9.17, 15) is 13.2 Å². The molecular weight excluding hydrogens is 290 g/mol. The number of carbonyl (C=O) groups is 1. The Morgan fingerprint density at radius 3 is 2.19 bits per heavy atom. The molecule has 0 saturated heterocycles. The van der Waals surface area contributed by atoms with E-state index in [1.807, 2.05) is 13.8 Å². The van der Waals surface area contributed by atoms with Crippen LogP contribution >= 0.6 is 0 Å². The average Bonchev–Trinajstić information content (AvgIpc) is 2.46. The SMILES string of the molecule is CCN(CC)CCS(=O)(=O)c1ccc(CCC(=O)O)cc1. The zero-order chi connectivity index (χ0) is 15.9.